The van der Waals surface area contributed by atoms with Crippen LogP contribution in [0.15, 0.2) is 24.3 Å². The summed E-state index contributed by atoms with van der Waals surface area (Å²) in [5.74, 6) is 0.541. The average molecular weight is 235 g/mol. The van der Waals surface area contributed by atoms with Gasteiger partial charge in [-0.15, -0.1) is 0 Å². The molecule has 1 aliphatic carbocycles. The van der Waals surface area contributed by atoms with Crippen molar-refractivity contribution in [1.29, 1.82) is 0 Å². The molecule has 1 unspecified atom stereocenters. The van der Waals surface area contributed by atoms with Crippen molar-refractivity contribution in [3.05, 3.63) is 35.6 Å². The van der Waals surface area contributed by atoms with Crippen LogP contribution in [-0.4, -0.2) is 11.9 Å². The lowest BCUT2D eigenvalue weighted by Crippen LogP contribution is -2.34. The Kier molecular flexibility index (Phi) is 3.77. The molecule has 1 amide bonds. The predicted octanol–water partition coefficient (Wildman–Crippen LogP) is 2.67. The van der Waals surface area contributed by atoms with Gasteiger partial charge in [-0.25, -0.2) is 4.39 Å². The van der Waals surface area contributed by atoms with E-state index in [4.69, 9.17) is 0 Å². The largest absolute Gasteiger partial charge is 0.353 e. The van der Waals surface area contributed by atoms with Crippen molar-refractivity contribution < 1.29 is 9.18 Å². The van der Waals surface area contributed by atoms with Crippen molar-refractivity contribution in [2.75, 3.05) is 0 Å². The van der Waals surface area contributed by atoms with Gasteiger partial charge in [0.15, 0.2) is 0 Å². The summed E-state index contributed by atoms with van der Waals surface area (Å²) in [6, 6.07) is 6.62. The summed E-state index contributed by atoms with van der Waals surface area (Å²) in [7, 11) is 0. The summed E-state index contributed by atoms with van der Waals surface area (Å²) in [4.78, 5) is 11.6. The quantitative estimate of drug-likeness (QED) is 0.835. The molecule has 0 aromatic heterocycles. The highest BCUT2D eigenvalue weighted by Gasteiger charge is 2.28. The number of benzene rings is 1. The van der Waals surface area contributed by atoms with Gasteiger partial charge in [0.05, 0.1) is 0 Å². The second-order valence-corrected chi connectivity index (χ2v) is 4.82. The van der Waals surface area contributed by atoms with Crippen molar-refractivity contribution in [3.63, 3.8) is 0 Å². The van der Waals surface area contributed by atoms with E-state index >= 15 is 0 Å². The average Bonchev–Trinajstić information content (AvgIpc) is 3.12. The summed E-state index contributed by atoms with van der Waals surface area (Å²) >= 11 is 0. The zero-order chi connectivity index (χ0) is 12.3. The number of nitrogens with one attached hydrogen (secondary N) is 1. The van der Waals surface area contributed by atoms with Crippen molar-refractivity contribution in [1.82, 2.24) is 5.32 Å². The fourth-order valence-corrected chi connectivity index (χ4v) is 1.95. The van der Waals surface area contributed by atoms with Crippen LogP contribution in [0.1, 0.15) is 31.7 Å². The minimum atomic E-state index is -0.236. The summed E-state index contributed by atoms with van der Waals surface area (Å²) < 4.78 is 12.7. The number of carbonyl (C=O) groups is 1. The number of hydrogen-bond donors (Lipinski definition) is 1. The number of rotatable bonds is 5. The van der Waals surface area contributed by atoms with E-state index in [1.165, 1.54) is 25.0 Å². The molecule has 1 aromatic carbocycles. The normalized spacial score (nSPS) is 16.6. The molecule has 1 saturated carbocycles. The number of carbonyl (C=O) groups excluding carboxylic acids is 1. The van der Waals surface area contributed by atoms with E-state index in [2.05, 4.69) is 12.2 Å². The maximum atomic E-state index is 12.7. The minimum absolute atomic E-state index is 0.0914. The maximum absolute atomic E-state index is 12.7. The summed E-state index contributed by atoms with van der Waals surface area (Å²) in [6.07, 6.45) is 3.62. The Labute approximate surface area is 101 Å². The fraction of sp³-hybridized carbons (Fsp3) is 0.500. The molecule has 0 aliphatic heterocycles. The number of hydrogen-bond acceptors (Lipinski definition) is 1. The van der Waals surface area contributed by atoms with Crippen LogP contribution < -0.4 is 5.32 Å². The Balaban J connectivity index is 1.73. The van der Waals surface area contributed by atoms with Gasteiger partial charge in [-0.1, -0.05) is 12.1 Å². The topological polar surface area (TPSA) is 29.1 Å². The van der Waals surface area contributed by atoms with Crippen LogP contribution in [0, 0.1) is 11.7 Å². The first-order valence-corrected chi connectivity index (χ1v) is 6.19. The predicted molar refractivity (Wildman–Crippen MR) is 65.0 cm³/mol. The minimum Gasteiger partial charge on any atom is -0.353 e. The molecule has 3 heteroatoms. The monoisotopic (exact) mass is 235 g/mol. The van der Waals surface area contributed by atoms with Gasteiger partial charge < -0.3 is 5.32 Å². The maximum Gasteiger partial charge on any atom is 0.220 e. The second-order valence-electron chi connectivity index (χ2n) is 4.82. The summed E-state index contributed by atoms with van der Waals surface area (Å²) in [5.41, 5.74) is 1.00. The first-order valence-electron chi connectivity index (χ1n) is 6.19. The molecule has 1 N–H and O–H groups in total. The molecule has 17 heavy (non-hydrogen) atoms. The fourth-order valence-electron chi connectivity index (χ4n) is 1.95. The molecule has 0 heterocycles. The molecule has 0 saturated heterocycles. The standard InChI is InChI=1S/C14H18FNO/c1-10(12-5-6-12)16-14(17)9-4-11-2-7-13(15)8-3-11/h2-3,7-8,10,12H,4-6,9H2,1H3,(H,16,17). The van der Waals surface area contributed by atoms with Crippen molar-refractivity contribution >= 4 is 5.91 Å². The van der Waals surface area contributed by atoms with E-state index in [0.29, 0.717) is 24.8 Å². The van der Waals surface area contributed by atoms with Crippen LogP contribution >= 0.6 is 0 Å². The van der Waals surface area contributed by atoms with Gasteiger partial charge in [0.1, 0.15) is 5.82 Å². The van der Waals surface area contributed by atoms with Gasteiger partial charge in [-0.05, 0) is 49.8 Å². The molecular formula is C14H18FNO. The van der Waals surface area contributed by atoms with Gasteiger partial charge in [-0.2, -0.15) is 0 Å². The van der Waals surface area contributed by atoms with Crippen LogP contribution in [0.5, 0.6) is 0 Å². The molecule has 1 aromatic rings. The lowest BCUT2D eigenvalue weighted by Gasteiger charge is -2.12. The van der Waals surface area contributed by atoms with Gasteiger partial charge in [0.2, 0.25) is 5.91 Å². The molecule has 92 valence electrons. The van der Waals surface area contributed by atoms with Gasteiger partial charge >= 0.3 is 0 Å². The molecule has 0 radical (unpaired) electrons. The van der Waals surface area contributed by atoms with Gasteiger partial charge in [-0.3, -0.25) is 4.79 Å². The Bertz CT molecular complexity index is 384. The second kappa shape index (κ2) is 5.30. The Morgan fingerprint density at radius 3 is 2.65 bits per heavy atom. The number of amides is 1. The molecule has 2 nitrogen and oxygen atoms in total. The Morgan fingerprint density at radius 1 is 1.41 bits per heavy atom. The van der Waals surface area contributed by atoms with Crippen LogP contribution in [0.3, 0.4) is 0 Å². The van der Waals surface area contributed by atoms with Crippen LogP contribution in [0.25, 0.3) is 0 Å². The third-order valence-electron chi connectivity index (χ3n) is 3.27. The van der Waals surface area contributed by atoms with Gasteiger partial charge in [0.25, 0.3) is 0 Å². The molecule has 1 atom stereocenters. The zero-order valence-corrected chi connectivity index (χ0v) is 10.1. The SMILES string of the molecule is CC(NC(=O)CCc1ccc(F)cc1)C1CC1. The molecule has 1 fully saturated rings. The number of aryl methyl sites for hydroxylation is 1. The smallest absolute Gasteiger partial charge is 0.220 e. The summed E-state index contributed by atoms with van der Waals surface area (Å²) in [6.45, 7) is 2.06. The highest BCUT2D eigenvalue weighted by molar-refractivity contribution is 5.76. The molecule has 0 spiro atoms. The lowest BCUT2D eigenvalue weighted by molar-refractivity contribution is -0.121. The first-order chi connectivity index (χ1) is 8.15. The molecule has 2 rings (SSSR count). The molecule has 0 bridgehead atoms. The molecule has 1 aliphatic rings. The van der Waals surface area contributed by atoms with Crippen molar-refractivity contribution in [2.45, 2.75) is 38.6 Å². The highest BCUT2D eigenvalue weighted by Crippen LogP contribution is 2.32. The van der Waals surface area contributed by atoms with Crippen LogP contribution in [0.4, 0.5) is 4.39 Å². The molecular weight excluding hydrogens is 217 g/mol. The third-order valence-corrected chi connectivity index (χ3v) is 3.27. The van der Waals surface area contributed by atoms with E-state index in [-0.39, 0.29) is 11.7 Å². The van der Waals surface area contributed by atoms with E-state index < -0.39 is 0 Å². The van der Waals surface area contributed by atoms with Gasteiger partial charge in [0, 0.05) is 12.5 Å². The Morgan fingerprint density at radius 2 is 2.06 bits per heavy atom. The van der Waals surface area contributed by atoms with Crippen molar-refractivity contribution in [3.8, 4) is 0 Å². The first kappa shape index (κ1) is 12.1. The van der Waals surface area contributed by atoms with E-state index in [9.17, 15) is 9.18 Å². The summed E-state index contributed by atoms with van der Waals surface area (Å²) in [5, 5.41) is 3.01. The van der Waals surface area contributed by atoms with E-state index in [1.807, 2.05) is 0 Å². The highest BCUT2D eigenvalue weighted by atomic mass is 19.1. The van der Waals surface area contributed by atoms with E-state index in [0.717, 1.165) is 5.56 Å². The van der Waals surface area contributed by atoms with Crippen LogP contribution in [0.2, 0.25) is 0 Å². The zero-order valence-electron chi connectivity index (χ0n) is 10.1. The van der Waals surface area contributed by atoms with E-state index in [1.54, 1.807) is 12.1 Å². The third kappa shape index (κ3) is 3.84. The number of halogens is 1. The van der Waals surface area contributed by atoms with Crippen LogP contribution in [-0.2, 0) is 11.2 Å². The lowest BCUT2D eigenvalue weighted by atomic mass is 10.1. The van der Waals surface area contributed by atoms with Crippen molar-refractivity contribution in [2.24, 2.45) is 5.92 Å². The Hall–Kier alpha value is -1.38.